The zero-order valence-corrected chi connectivity index (χ0v) is 13.8. The van der Waals surface area contributed by atoms with Gasteiger partial charge in [0.1, 0.15) is 11.8 Å². The Morgan fingerprint density at radius 3 is 2.74 bits per heavy atom. The predicted molar refractivity (Wildman–Crippen MR) is 87.2 cm³/mol. The third-order valence-electron chi connectivity index (χ3n) is 4.80. The fourth-order valence-electron chi connectivity index (χ4n) is 3.54. The smallest absolute Gasteiger partial charge is 0.245 e. The first-order valence-corrected chi connectivity index (χ1v) is 8.42. The van der Waals surface area contributed by atoms with Gasteiger partial charge in [0, 0.05) is 19.1 Å². The van der Waals surface area contributed by atoms with Crippen LogP contribution in [0.1, 0.15) is 32.3 Å². The Balaban J connectivity index is 1.66. The number of piperazine rings is 1. The summed E-state index contributed by atoms with van der Waals surface area (Å²) in [6.45, 7) is 5.92. The molecule has 2 aliphatic heterocycles. The molecule has 124 valence electrons. The van der Waals surface area contributed by atoms with Crippen molar-refractivity contribution in [2.24, 2.45) is 0 Å². The summed E-state index contributed by atoms with van der Waals surface area (Å²) in [5.74, 6) is 0.937. The number of rotatable bonds is 4. The molecule has 1 aromatic rings. The minimum Gasteiger partial charge on any atom is -0.494 e. The molecule has 0 bridgehead atoms. The summed E-state index contributed by atoms with van der Waals surface area (Å²) < 4.78 is 5.42. The first kappa shape index (κ1) is 15.8. The quantitative estimate of drug-likeness (QED) is 0.852. The Morgan fingerprint density at radius 2 is 2.04 bits per heavy atom. The van der Waals surface area contributed by atoms with Crippen LogP contribution in [0.2, 0.25) is 0 Å². The number of benzene rings is 1. The van der Waals surface area contributed by atoms with Crippen molar-refractivity contribution < 1.29 is 14.3 Å². The SMILES string of the molecule is CCOc1ccc(CC(=O)N2C[C@H]3CCCN3C(=O)[C@H]2C)cc1. The lowest BCUT2D eigenvalue weighted by Crippen LogP contribution is -2.60. The second-order valence-corrected chi connectivity index (χ2v) is 6.30. The average Bonchev–Trinajstić information content (AvgIpc) is 3.01. The fourth-order valence-corrected chi connectivity index (χ4v) is 3.54. The average molecular weight is 316 g/mol. The van der Waals surface area contributed by atoms with E-state index < -0.39 is 0 Å². The summed E-state index contributed by atoms with van der Waals surface area (Å²) in [6, 6.07) is 7.47. The molecule has 5 heteroatoms. The minimum absolute atomic E-state index is 0.0292. The van der Waals surface area contributed by atoms with Crippen molar-refractivity contribution >= 4 is 11.8 Å². The Hall–Kier alpha value is -2.04. The molecule has 2 saturated heterocycles. The van der Waals surface area contributed by atoms with E-state index in [1.807, 2.05) is 43.0 Å². The van der Waals surface area contributed by atoms with Gasteiger partial charge >= 0.3 is 0 Å². The molecule has 0 aromatic heterocycles. The lowest BCUT2D eigenvalue weighted by atomic mass is 10.0. The van der Waals surface area contributed by atoms with Crippen molar-refractivity contribution in [3.63, 3.8) is 0 Å². The van der Waals surface area contributed by atoms with Gasteiger partial charge in [-0.2, -0.15) is 0 Å². The molecular weight excluding hydrogens is 292 g/mol. The Bertz CT molecular complexity index is 584. The van der Waals surface area contributed by atoms with E-state index in [0.717, 1.165) is 30.7 Å². The zero-order valence-electron chi connectivity index (χ0n) is 13.8. The first-order chi connectivity index (χ1) is 11.1. The van der Waals surface area contributed by atoms with Crippen molar-refractivity contribution in [2.45, 2.75) is 45.2 Å². The van der Waals surface area contributed by atoms with Crippen LogP contribution < -0.4 is 4.74 Å². The van der Waals surface area contributed by atoms with Gasteiger partial charge in [-0.25, -0.2) is 0 Å². The van der Waals surface area contributed by atoms with Gasteiger partial charge in [0.2, 0.25) is 11.8 Å². The molecule has 2 amide bonds. The van der Waals surface area contributed by atoms with Crippen molar-refractivity contribution in [2.75, 3.05) is 19.7 Å². The third kappa shape index (κ3) is 3.19. The highest BCUT2D eigenvalue weighted by atomic mass is 16.5. The molecule has 0 aliphatic carbocycles. The van der Waals surface area contributed by atoms with E-state index in [2.05, 4.69) is 0 Å². The number of carbonyl (C=O) groups excluding carboxylic acids is 2. The maximum atomic E-state index is 12.6. The van der Waals surface area contributed by atoms with Gasteiger partial charge in [-0.1, -0.05) is 12.1 Å². The molecule has 2 aliphatic rings. The van der Waals surface area contributed by atoms with Gasteiger partial charge in [0.25, 0.3) is 0 Å². The maximum Gasteiger partial charge on any atom is 0.245 e. The molecule has 1 aromatic carbocycles. The molecule has 2 atom stereocenters. The Labute approximate surface area is 137 Å². The summed E-state index contributed by atoms with van der Waals surface area (Å²) in [6.07, 6.45) is 2.38. The normalized spacial score (nSPS) is 23.8. The van der Waals surface area contributed by atoms with Gasteiger partial charge < -0.3 is 14.5 Å². The standard InChI is InChI=1S/C18H24N2O3/c1-3-23-16-8-6-14(7-9-16)11-17(21)20-12-15-5-4-10-19(15)18(22)13(20)2/h6-9,13,15H,3-5,10-12H2,1-2H3/t13-,15-/m1/s1. The van der Waals surface area contributed by atoms with E-state index in [0.29, 0.717) is 19.6 Å². The molecule has 0 saturated carbocycles. The third-order valence-corrected chi connectivity index (χ3v) is 4.80. The van der Waals surface area contributed by atoms with Gasteiger partial charge in [0.05, 0.1) is 13.0 Å². The molecule has 0 unspecified atom stereocenters. The minimum atomic E-state index is -0.348. The monoisotopic (exact) mass is 316 g/mol. The number of hydrogen-bond acceptors (Lipinski definition) is 3. The Morgan fingerprint density at radius 1 is 1.30 bits per heavy atom. The molecule has 2 fully saturated rings. The van der Waals surface area contributed by atoms with Crippen LogP contribution >= 0.6 is 0 Å². The molecule has 0 N–H and O–H groups in total. The van der Waals surface area contributed by atoms with E-state index in [4.69, 9.17) is 4.74 Å². The molecule has 0 radical (unpaired) electrons. The first-order valence-electron chi connectivity index (χ1n) is 8.42. The number of ether oxygens (including phenoxy) is 1. The van der Waals surface area contributed by atoms with Gasteiger partial charge in [-0.3, -0.25) is 9.59 Å². The number of nitrogens with zero attached hydrogens (tertiary/aromatic N) is 2. The highest BCUT2D eigenvalue weighted by Crippen LogP contribution is 2.26. The molecule has 3 rings (SSSR count). The highest BCUT2D eigenvalue weighted by molar-refractivity contribution is 5.89. The summed E-state index contributed by atoms with van der Waals surface area (Å²) in [4.78, 5) is 28.8. The summed E-state index contributed by atoms with van der Waals surface area (Å²) in [5.41, 5.74) is 0.951. The lowest BCUT2D eigenvalue weighted by Gasteiger charge is -2.41. The number of fused-ring (bicyclic) bond motifs is 1. The topological polar surface area (TPSA) is 49.9 Å². The largest absolute Gasteiger partial charge is 0.494 e. The van der Waals surface area contributed by atoms with Crippen LogP contribution in [0.25, 0.3) is 0 Å². The number of hydrogen-bond donors (Lipinski definition) is 0. The van der Waals surface area contributed by atoms with Crippen molar-refractivity contribution in [1.82, 2.24) is 9.80 Å². The predicted octanol–water partition coefficient (Wildman–Crippen LogP) is 1.85. The molecule has 0 spiro atoms. The second-order valence-electron chi connectivity index (χ2n) is 6.30. The lowest BCUT2D eigenvalue weighted by molar-refractivity contribution is -0.152. The van der Waals surface area contributed by atoms with Crippen LogP contribution in [0, 0.1) is 0 Å². The summed E-state index contributed by atoms with van der Waals surface area (Å²) in [5, 5.41) is 0. The van der Waals surface area contributed by atoms with E-state index in [-0.39, 0.29) is 23.9 Å². The van der Waals surface area contributed by atoms with Crippen LogP contribution in [0.5, 0.6) is 5.75 Å². The van der Waals surface area contributed by atoms with Gasteiger partial charge in [-0.15, -0.1) is 0 Å². The highest BCUT2D eigenvalue weighted by Gasteiger charge is 2.41. The van der Waals surface area contributed by atoms with E-state index >= 15 is 0 Å². The van der Waals surface area contributed by atoms with Crippen LogP contribution in [0.3, 0.4) is 0 Å². The number of carbonyl (C=O) groups is 2. The summed E-state index contributed by atoms with van der Waals surface area (Å²) in [7, 11) is 0. The van der Waals surface area contributed by atoms with E-state index in [1.165, 1.54) is 0 Å². The second kappa shape index (κ2) is 6.60. The van der Waals surface area contributed by atoms with Crippen molar-refractivity contribution in [1.29, 1.82) is 0 Å². The van der Waals surface area contributed by atoms with E-state index in [9.17, 15) is 9.59 Å². The zero-order chi connectivity index (χ0) is 16.4. The van der Waals surface area contributed by atoms with Crippen LogP contribution in [-0.2, 0) is 16.0 Å². The van der Waals surface area contributed by atoms with Crippen LogP contribution in [0.4, 0.5) is 0 Å². The van der Waals surface area contributed by atoms with Crippen LogP contribution in [-0.4, -0.2) is 53.4 Å². The molecular formula is C18H24N2O3. The number of amides is 2. The molecule has 23 heavy (non-hydrogen) atoms. The molecule has 5 nitrogen and oxygen atoms in total. The fraction of sp³-hybridized carbons (Fsp3) is 0.556. The maximum absolute atomic E-state index is 12.6. The van der Waals surface area contributed by atoms with E-state index in [1.54, 1.807) is 4.90 Å². The van der Waals surface area contributed by atoms with Crippen molar-refractivity contribution in [3.05, 3.63) is 29.8 Å². The Kier molecular flexibility index (Phi) is 4.55. The van der Waals surface area contributed by atoms with Gasteiger partial charge in [0.15, 0.2) is 0 Å². The van der Waals surface area contributed by atoms with Crippen LogP contribution in [0.15, 0.2) is 24.3 Å². The summed E-state index contributed by atoms with van der Waals surface area (Å²) >= 11 is 0. The van der Waals surface area contributed by atoms with Gasteiger partial charge in [-0.05, 0) is 44.4 Å². The molecule has 2 heterocycles. The van der Waals surface area contributed by atoms with Crippen molar-refractivity contribution in [3.8, 4) is 5.75 Å².